The van der Waals surface area contributed by atoms with Gasteiger partial charge in [-0.15, -0.1) is 0 Å². The lowest BCUT2D eigenvalue weighted by atomic mass is 9.79. The highest BCUT2D eigenvalue weighted by Gasteiger charge is 2.41. The minimum absolute atomic E-state index is 0.123. The molecule has 1 unspecified atom stereocenters. The van der Waals surface area contributed by atoms with Gasteiger partial charge in [-0.25, -0.2) is 0 Å². The van der Waals surface area contributed by atoms with Crippen LogP contribution >= 0.6 is 0 Å². The van der Waals surface area contributed by atoms with E-state index in [1.807, 2.05) is 0 Å². The van der Waals surface area contributed by atoms with E-state index in [-0.39, 0.29) is 5.84 Å². The monoisotopic (exact) mass is 170 g/mol. The van der Waals surface area contributed by atoms with E-state index in [1.54, 1.807) is 0 Å². The maximum Gasteiger partial charge on any atom is 0.232 e. The summed E-state index contributed by atoms with van der Waals surface area (Å²) in [5.74, 6) is -0.621. The Morgan fingerprint density at radius 1 is 1.50 bits per heavy atom. The molecule has 5 heteroatoms. The molecule has 0 bridgehead atoms. The zero-order chi connectivity index (χ0) is 9.19. The van der Waals surface area contributed by atoms with Crippen LogP contribution in [-0.4, -0.2) is 24.8 Å². The van der Waals surface area contributed by atoms with E-state index < -0.39 is 11.3 Å². The van der Waals surface area contributed by atoms with Gasteiger partial charge in [0.15, 0.2) is 0 Å². The van der Waals surface area contributed by atoms with Crippen molar-refractivity contribution in [1.82, 2.24) is 5.32 Å². The van der Waals surface area contributed by atoms with Crippen molar-refractivity contribution in [2.45, 2.75) is 12.8 Å². The van der Waals surface area contributed by atoms with Gasteiger partial charge in [-0.1, -0.05) is 0 Å². The van der Waals surface area contributed by atoms with Crippen molar-refractivity contribution in [3.63, 3.8) is 0 Å². The van der Waals surface area contributed by atoms with Crippen LogP contribution in [0.3, 0.4) is 0 Å². The van der Waals surface area contributed by atoms with E-state index >= 15 is 0 Å². The molecule has 0 aromatic rings. The standard InChI is InChI=1S/C7H14N4O/c8-5(9)7(6(10)12)2-1-3-11-4-7/h11H,1-4H2,(H3,8,9)(H2,10,12). The van der Waals surface area contributed by atoms with Gasteiger partial charge in [0.25, 0.3) is 0 Å². The third-order valence-electron chi connectivity index (χ3n) is 2.37. The van der Waals surface area contributed by atoms with E-state index in [4.69, 9.17) is 16.9 Å². The average molecular weight is 170 g/mol. The lowest BCUT2D eigenvalue weighted by molar-refractivity contribution is -0.125. The van der Waals surface area contributed by atoms with Crippen molar-refractivity contribution in [3.8, 4) is 0 Å². The number of amidine groups is 1. The van der Waals surface area contributed by atoms with Gasteiger partial charge in [0.05, 0.1) is 0 Å². The highest BCUT2D eigenvalue weighted by atomic mass is 16.1. The normalized spacial score (nSPS) is 29.7. The Hall–Kier alpha value is -1.10. The zero-order valence-corrected chi connectivity index (χ0v) is 6.89. The predicted octanol–water partition coefficient (Wildman–Crippen LogP) is -1.22. The molecule has 1 heterocycles. The van der Waals surface area contributed by atoms with E-state index in [1.165, 1.54) is 0 Å². The minimum atomic E-state index is -0.932. The van der Waals surface area contributed by atoms with Crippen LogP contribution in [0, 0.1) is 10.8 Å². The number of hydrogen-bond donors (Lipinski definition) is 4. The number of carbonyl (C=O) groups is 1. The molecule has 0 aromatic carbocycles. The van der Waals surface area contributed by atoms with Crippen LogP contribution in [0.5, 0.6) is 0 Å². The fourth-order valence-electron chi connectivity index (χ4n) is 1.48. The predicted molar refractivity (Wildman–Crippen MR) is 45.6 cm³/mol. The smallest absolute Gasteiger partial charge is 0.232 e. The lowest BCUT2D eigenvalue weighted by Gasteiger charge is -2.33. The number of nitrogens with one attached hydrogen (secondary N) is 2. The van der Waals surface area contributed by atoms with Gasteiger partial charge in [0, 0.05) is 6.54 Å². The van der Waals surface area contributed by atoms with E-state index in [9.17, 15) is 4.79 Å². The number of hydrogen-bond acceptors (Lipinski definition) is 3. The van der Waals surface area contributed by atoms with Crippen LogP contribution in [0.2, 0.25) is 0 Å². The summed E-state index contributed by atoms with van der Waals surface area (Å²) in [4.78, 5) is 11.1. The van der Waals surface area contributed by atoms with Crippen LogP contribution in [0.25, 0.3) is 0 Å². The minimum Gasteiger partial charge on any atom is -0.387 e. The first-order chi connectivity index (χ1) is 5.59. The number of nitrogens with two attached hydrogens (primary N) is 2. The molecular weight excluding hydrogens is 156 g/mol. The van der Waals surface area contributed by atoms with Crippen molar-refractivity contribution >= 4 is 11.7 Å². The number of piperidine rings is 1. The van der Waals surface area contributed by atoms with Crippen molar-refractivity contribution in [2.24, 2.45) is 16.9 Å². The van der Waals surface area contributed by atoms with Crippen molar-refractivity contribution in [2.75, 3.05) is 13.1 Å². The van der Waals surface area contributed by atoms with Crippen LogP contribution < -0.4 is 16.8 Å². The van der Waals surface area contributed by atoms with Crippen molar-refractivity contribution in [3.05, 3.63) is 0 Å². The highest BCUT2D eigenvalue weighted by Crippen LogP contribution is 2.25. The van der Waals surface area contributed by atoms with Gasteiger partial charge < -0.3 is 16.8 Å². The Balaban J connectivity index is 2.84. The second-order valence-corrected chi connectivity index (χ2v) is 3.14. The summed E-state index contributed by atoms with van der Waals surface area (Å²) in [5, 5.41) is 10.3. The summed E-state index contributed by atoms with van der Waals surface area (Å²) in [6, 6.07) is 0. The Labute approximate surface area is 71.0 Å². The number of primary amides is 1. The molecule has 1 fully saturated rings. The molecule has 0 aromatic heterocycles. The van der Waals surface area contributed by atoms with Crippen molar-refractivity contribution < 1.29 is 4.79 Å². The van der Waals surface area contributed by atoms with Crippen LogP contribution in [0.1, 0.15) is 12.8 Å². The van der Waals surface area contributed by atoms with E-state index in [2.05, 4.69) is 5.32 Å². The second kappa shape index (κ2) is 3.10. The molecule has 6 N–H and O–H groups in total. The molecule has 0 saturated carbocycles. The van der Waals surface area contributed by atoms with E-state index in [0.29, 0.717) is 13.0 Å². The summed E-state index contributed by atoms with van der Waals surface area (Å²) < 4.78 is 0. The first kappa shape index (κ1) is 8.99. The maximum absolute atomic E-state index is 11.1. The third kappa shape index (κ3) is 1.27. The summed E-state index contributed by atoms with van der Waals surface area (Å²) in [5.41, 5.74) is 9.62. The van der Waals surface area contributed by atoms with E-state index in [0.717, 1.165) is 13.0 Å². The largest absolute Gasteiger partial charge is 0.387 e. The fraction of sp³-hybridized carbons (Fsp3) is 0.714. The molecule has 5 nitrogen and oxygen atoms in total. The molecule has 68 valence electrons. The van der Waals surface area contributed by atoms with Crippen LogP contribution in [0.4, 0.5) is 0 Å². The molecule has 0 aliphatic carbocycles. The number of carbonyl (C=O) groups excluding carboxylic acids is 1. The number of rotatable bonds is 2. The number of amides is 1. The molecule has 1 amide bonds. The molecule has 1 aliphatic rings. The molecule has 0 radical (unpaired) electrons. The van der Waals surface area contributed by atoms with Gasteiger partial charge in [-0.3, -0.25) is 10.2 Å². The Morgan fingerprint density at radius 3 is 2.42 bits per heavy atom. The Bertz CT molecular complexity index is 191. The van der Waals surface area contributed by atoms with Gasteiger partial charge >= 0.3 is 0 Å². The molecule has 1 saturated heterocycles. The average Bonchev–Trinajstić information content (AvgIpc) is 2.05. The molecule has 12 heavy (non-hydrogen) atoms. The van der Waals surface area contributed by atoms with Gasteiger partial charge in [0.2, 0.25) is 5.91 Å². The highest BCUT2D eigenvalue weighted by molar-refractivity contribution is 6.05. The molecular formula is C7H14N4O. The second-order valence-electron chi connectivity index (χ2n) is 3.14. The Morgan fingerprint density at radius 2 is 2.17 bits per heavy atom. The summed E-state index contributed by atoms with van der Waals surface area (Å²) in [6.07, 6.45) is 1.42. The molecule has 1 aliphatic heterocycles. The summed E-state index contributed by atoms with van der Waals surface area (Å²) in [6.45, 7) is 1.26. The van der Waals surface area contributed by atoms with Crippen LogP contribution in [0.15, 0.2) is 0 Å². The molecule has 1 rings (SSSR count). The fourth-order valence-corrected chi connectivity index (χ4v) is 1.48. The third-order valence-corrected chi connectivity index (χ3v) is 2.37. The quantitative estimate of drug-likeness (QED) is 0.308. The van der Waals surface area contributed by atoms with Gasteiger partial charge in [0.1, 0.15) is 11.3 Å². The van der Waals surface area contributed by atoms with Gasteiger partial charge in [-0.05, 0) is 19.4 Å². The van der Waals surface area contributed by atoms with Gasteiger partial charge in [-0.2, -0.15) is 0 Å². The SMILES string of the molecule is N=C(N)C1(C(N)=O)CCCNC1. The van der Waals surface area contributed by atoms with Crippen molar-refractivity contribution in [1.29, 1.82) is 5.41 Å². The molecule has 0 spiro atoms. The summed E-state index contributed by atoms with van der Waals surface area (Å²) in [7, 11) is 0. The zero-order valence-electron chi connectivity index (χ0n) is 6.89. The summed E-state index contributed by atoms with van der Waals surface area (Å²) >= 11 is 0. The lowest BCUT2D eigenvalue weighted by Crippen LogP contribution is -2.55. The Kier molecular flexibility index (Phi) is 2.32. The van der Waals surface area contributed by atoms with Crippen LogP contribution in [-0.2, 0) is 4.79 Å². The maximum atomic E-state index is 11.1. The first-order valence-electron chi connectivity index (χ1n) is 3.95. The first-order valence-corrected chi connectivity index (χ1v) is 3.95. The topological polar surface area (TPSA) is 105 Å². The molecule has 1 atom stereocenters.